The zero-order valence-electron chi connectivity index (χ0n) is 12.4. The number of hydrogen-bond acceptors (Lipinski definition) is 4. The second-order valence-electron chi connectivity index (χ2n) is 5.65. The molecule has 0 bridgehead atoms. The van der Waals surface area contributed by atoms with Crippen LogP contribution < -0.4 is 10.5 Å². The Kier molecular flexibility index (Phi) is 5.20. The van der Waals surface area contributed by atoms with Gasteiger partial charge in [-0.25, -0.2) is 0 Å². The van der Waals surface area contributed by atoms with Crippen molar-refractivity contribution in [3.8, 4) is 5.75 Å². The molecule has 5 nitrogen and oxygen atoms in total. The lowest BCUT2D eigenvalue weighted by Gasteiger charge is -2.26. The molecule has 1 aromatic carbocycles. The molecule has 0 aliphatic heterocycles. The highest BCUT2D eigenvalue weighted by molar-refractivity contribution is 5.79. The number of rotatable bonds is 7. The summed E-state index contributed by atoms with van der Waals surface area (Å²) in [6.07, 6.45) is 2.94. The van der Waals surface area contributed by atoms with Gasteiger partial charge in [-0.2, -0.15) is 0 Å². The van der Waals surface area contributed by atoms with E-state index in [2.05, 4.69) is 0 Å². The van der Waals surface area contributed by atoms with Gasteiger partial charge in [-0.3, -0.25) is 4.79 Å². The maximum atomic E-state index is 11.3. The minimum absolute atomic E-state index is 0.0165. The van der Waals surface area contributed by atoms with E-state index in [9.17, 15) is 9.90 Å². The molecular weight excluding hydrogens is 270 g/mol. The molecule has 116 valence electrons. The van der Waals surface area contributed by atoms with Crippen LogP contribution in [0.3, 0.4) is 0 Å². The molecule has 0 saturated heterocycles. The monoisotopic (exact) mass is 293 g/mol. The van der Waals surface area contributed by atoms with Gasteiger partial charge in [0.2, 0.25) is 0 Å². The molecule has 3 N–H and O–H groups in total. The van der Waals surface area contributed by atoms with Crippen molar-refractivity contribution in [1.82, 2.24) is 0 Å². The van der Waals surface area contributed by atoms with E-state index >= 15 is 0 Å². The number of carboxylic acids is 1. The fraction of sp³-hybridized carbons (Fsp3) is 0.562. The van der Waals surface area contributed by atoms with E-state index < -0.39 is 11.5 Å². The Bertz CT molecular complexity index is 491. The van der Waals surface area contributed by atoms with Crippen LogP contribution in [0, 0.1) is 5.92 Å². The lowest BCUT2D eigenvalue weighted by atomic mass is 9.86. The summed E-state index contributed by atoms with van der Waals surface area (Å²) >= 11 is 0. The summed E-state index contributed by atoms with van der Waals surface area (Å²) in [6.45, 7) is 1.03. The number of benzene rings is 1. The standard InChI is InChI=1S/C16H23NO4/c1-20-11-12-4-2-6-14(10-12)21-9-7-13-5-3-8-16(13,17)15(18)19/h2,4,6,10,13H,3,5,7-9,11,17H2,1H3,(H,18,19). The van der Waals surface area contributed by atoms with Crippen LogP contribution in [0.15, 0.2) is 24.3 Å². The van der Waals surface area contributed by atoms with Gasteiger partial charge in [0.15, 0.2) is 0 Å². The van der Waals surface area contributed by atoms with Gasteiger partial charge in [-0.15, -0.1) is 0 Å². The van der Waals surface area contributed by atoms with Crippen LogP contribution in [0.25, 0.3) is 0 Å². The lowest BCUT2D eigenvalue weighted by molar-refractivity contribution is -0.144. The minimum Gasteiger partial charge on any atom is -0.494 e. The first-order chi connectivity index (χ1) is 10.1. The van der Waals surface area contributed by atoms with E-state index in [1.54, 1.807) is 7.11 Å². The van der Waals surface area contributed by atoms with Crippen LogP contribution in [-0.2, 0) is 16.1 Å². The summed E-state index contributed by atoms with van der Waals surface area (Å²) in [6, 6.07) is 7.72. The van der Waals surface area contributed by atoms with Crippen molar-refractivity contribution in [2.75, 3.05) is 13.7 Å². The molecule has 5 heteroatoms. The van der Waals surface area contributed by atoms with Gasteiger partial charge in [0.05, 0.1) is 13.2 Å². The van der Waals surface area contributed by atoms with Crippen molar-refractivity contribution in [2.45, 2.75) is 37.8 Å². The Morgan fingerprint density at radius 2 is 2.33 bits per heavy atom. The number of hydrogen-bond donors (Lipinski definition) is 2. The molecule has 0 heterocycles. The molecule has 2 unspecified atom stereocenters. The molecule has 1 fully saturated rings. The van der Waals surface area contributed by atoms with Gasteiger partial charge in [-0.1, -0.05) is 18.6 Å². The number of carbonyl (C=O) groups is 1. The van der Waals surface area contributed by atoms with E-state index in [1.165, 1.54) is 0 Å². The van der Waals surface area contributed by atoms with Crippen LogP contribution in [0.1, 0.15) is 31.2 Å². The van der Waals surface area contributed by atoms with Crippen LogP contribution in [0.2, 0.25) is 0 Å². The highest BCUT2D eigenvalue weighted by atomic mass is 16.5. The number of aliphatic carboxylic acids is 1. The molecule has 0 radical (unpaired) electrons. The van der Waals surface area contributed by atoms with E-state index in [0.29, 0.717) is 26.1 Å². The molecule has 1 aliphatic rings. The second kappa shape index (κ2) is 6.91. The Labute approximate surface area is 125 Å². The van der Waals surface area contributed by atoms with E-state index in [1.807, 2.05) is 24.3 Å². The van der Waals surface area contributed by atoms with Gasteiger partial charge in [0, 0.05) is 7.11 Å². The minimum atomic E-state index is -1.08. The van der Waals surface area contributed by atoms with Crippen LogP contribution in [0.5, 0.6) is 5.75 Å². The first kappa shape index (κ1) is 15.8. The van der Waals surface area contributed by atoms with Crippen LogP contribution in [0.4, 0.5) is 0 Å². The molecule has 1 aliphatic carbocycles. The number of methoxy groups -OCH3 is 1. The number of carboxylic acid groups (broad SMARTS) is 1. The normalized spacial score (nSPS) is 25.0. The third-order valence-electron chi connectivity index (χ3n) is 4.21. The summed E-state index contributed by atoms with van der Waals surface area (Å²) in [7, 11) is 1.65. The van der Waals surface area contributed by atoms with Gasteiger partial charge < -0.3 is 20.3 Å². The van der Waals surface area contributed by atoms with E-state index in [4.69, 9.17) is 15.2 Å². The maximum absolute atomic E-state index is 11.3. The second-order valence-corrected chi connectivity index (χ2v) is 5.65. The SMILES string of the molecule is COCc1cccc(OCCC2CCCC2(N)C(=O)O)c1. The number of ether oxygens (including phenoxy) is 2. The van der Waals surface area contributed by atoms with Crippen LogP contribution >= 0.6 is 0 Å². The zero-order chi connectivity index (χ0) is 15.3. The summed E-state index contributed by atoms with van der Waals surface area (Å²) < 4.78 is 10.8. The largest absolute Gasteiger partial charge is 0.494 e. The van der Waals surface area contributed by atoms with Crippen molar-refractivity contribution < 1.29 is 19.4 Å². The summed E-state index contributed by atoms with van der Waals surface area (Å²) in [5, 5.41) is 9.28. The first-order valence-corrected chi connectivity index (χ1v) is 7.29. The Morgan fingerprint density at radius 3 is 3.05 bits per heavy atom. The maximum Gasteiger partial charge on any atom is 0.323 e. The molecular formula is C16H23NO4. The van der Waals surface area contributed by atoms with Crippen molar-refractivity contribution in [3.63, 3.8) is 0 Å². The summed E-state index contributed by atoms with van der Waals surface area (Å²) in [5.74, 6) is -0.134. The van der Waals surface area contributed by atoms with Crippen molar-refractivity contribution in [1.29, 1.82) is 0 Å². The molecule has 21 heavy (non-hydrogen) atoms. The Morgan fingerprint density at radius 1 is 1.52 bits per heavy atom. The molecule has 2 atom stereocenters. The highest BCUT2D eigenvalue weighted by Gasteiger charge is 2.45. The topological polar surface area (TPSA) is 81.8 Å². The first-order valence-electron chi connectivity index (χ1n) is 7.29. The van der Waals surface area contributed by atoms with Gasteiger partial charge >= 0.3 is 5.97 Å². The molecule has 2 rings (SSSR count). The third kappa shape index (κ3) is 3.74. The molecule has 0 amide bonds. The Hall–Kier alpha value is -1.59. The van der Waals surface area contributed by atoms with E-state index in [-0.39, 0.29) is 5.92 Å². The average molecular weight is 293 g/mol. The summed E-state index contributed by atoms with van der Waals surface area (Å²) in [5.41, 5.74) is 5.99. The lowest BCUT2D eigenvalue weighted by Crippen LogP contribution is -2.51. The van der Waals surface area contributed by atoms with Crippen LogP contribution in [-0.4, -0.2) is 30.3 Å². The van der Waals surface area contributed by atoms with Gasteiger partial charge in [-0.05, 0) is 42.9 Å². The smallest absolute Gasteiger partial charge is 0.323 e. The predicted molar refractivity (Wildman–Crippen MR) is 79.2 cm³/mol. The molecule has 1 saturated carbocycles. The summed E-state index contributed by atoms with van der Waals surface area (Å²) in [4.78, 5) is 11.3. The molecule has 1 aromatic rings. The predicted octanol–water partition coefficient (Wildman–Crippen LogP) is 2.18. The van der Waals surface area contributed by atoms with Crippen molar-refractivity contribution in [3.05, 3.63) is 29.8 Å². The number of nitrogens with two attached hydrogens (primary N) is 1. The van der Waals surface area contributed by atoms with Crippen molar-refractivity contribution in [2.24, 2.45) is 11.7 Å². The fourth-order valence-electron chi connectivity index (χ4n) is 3.00. The van der Waals surface area contributed by atoms with Crippen molar-refractivity contribution >= 4 is 5.97 Å². The third-order valence-corrected chi connectivity index (χ3v) is 4.21. The van der Waals surface area contributed by atoms with E-state index in [0.717, 1.165) is 24.2 Å². The fourth-order valence-corrected chi connectivity index (χ4v) is 3.00. The van der Waals surface area contributed by atoms with Gasteiger partial charge in [0.25, 0.3) is 0 Å². The molecule has 0 spiro atoms. The quantitative estimate of drug-likeness (QED) is 0.805. The highest BCUT2D eigenvalue weighted by Crippen LogP contribution is 2.36. The van der Waals surface area contributed by atoms with Gasteiger partial charge in [0.1, 0.15) is 11.3 Å². The molecule has 0 aromatic heterocycles. The average Bonchev–Trinajstić information content (AvgIpc) is 2.83. The zero-order valence-corrected chi connectivity index (χ0v) is 12.4. The Balaban J connectivity index is 1.87.